The van der Waals surface area contributed by atoms with E-state index in [9.17, 15) is 25.2 Å². The highest BCUT2D eigenvalue weighted by Crippen LogP contribution is 2.19. The fraction of sp³-hybridized carbons (Fsp3) is 0.904. The normalized spacial score (nSPS) is 13.6. The first-order valence-electron chi connectivity index (χ1n) is 35.9. The van der Waals surface area contributed by atoms with Crippen molar-refractivity contribution in [2.45, 2.75) is 417 Å². The van der Waals surface area contributed by atoms with Crippen LogP contribution in [0.4, 0.5) is 0 Å². The van der Waals surface area contributed by atoms with Crippen LogP contribution in [-0.4, -0.2) is 57.3 Å². The molecule has 0 aliphatic rings. The number of aliphatic hydroxyl groups is 4. The molecule has 0 aromatic heterocycles. The van der Waals surface area contributed by atoms with Crippen LogP contribution in [0, 0.1) is 0 Å². The van der Waals surface area contributed by atoms with E-state index in [0.717, 1.165) is 38.5 Å². The summed E-state index contributed by atoms with van der Waals surface area (Å²) in [6, 6.07) is -1.01. The third-order valence-electron chi connectivity index (χ3n) is 17.1. The molecule has 468 valence electrons. The lowest BCUT2D eigenvalue weighted by molar-refractivity contribution is -0.132. The van der Waals surface area contributed by atoms with Crippen molar-refractivity contribution in [1.29, 1.82) is 0 Å². The summed E-state index contributed by atoms with van der Waals surface area (Å²) >= 11 is 0. The third-order valence-corrected chi connectivity index (χ3v) is 17.1. The largest absolute Gasteiger partial charge is 0.394 e. The molecule has 6 nitrogen and oxygen atoms in total. The Kier molecular flexibility index (Phi) is 66.1. The topological polar surface area (TPSA) is 110 Å². The van der Waals surface area contributed by atoms with Gasteiger partial charge in [0.15, 0.2) is 0 Å². The molecule has 0 radical (unpaired) electrons. The van der Waals surface area contributed by atoms with Crippen molar-refractivity contribution >= 4 is 5.91 Å². The van der Waals surface area contributed by atoms with Crippen LogP contribution in [0.5, 0.6) is 0 Å². The summed E-state index contributed by atoms with van der Waals surface area (Å²) in [6.07, 6.45) is 87.1. The lowest BCUT2D eigenvalue weighted by atomic mass is 10.00. The molecular weight excluding hydrogens is 971 g/mol. The average molecular weight is 1110 g/mol. The Morgan fingerprint density at radius 1 is 0.304 bits per heavy atom. The third kappa shape index (κ3) is 60.9. The molecule has 0 fully saturated rings. The molecule has 0 aromatic carbocycles. The second-order valence-electron chi connectivity index (χ2n) is 24.9. The molecule has 79 heavy (non-hydrogen) atoms. The Morgan fingerprint density at radius 3 is 0.797 bits per heavy atom. The molecule has 5 N–H and O–H groups in total. The molecule has 0 rings (SSSR count). The van der Waals surface area contributed by atoms with E-state index in [-0.39, 0.29) is 0 Å². The zero-order valence-corrected chi connectivity index (χ0v) is 53.4. The summed E-state index contributed by atoms with van der Waals surface area (Å²) in [5.41, 5.74) is 0. The number of nitrogens with one attached hydrogen (secondary N) is 1. The van der Waals surface area contributed by atoms with Crippen molar-refractivity contribution < 1.29 is 25.2 Å². The summed E-state index contributed by atoms with van der Waals surface area (Å²) in [6.45, 7) is 4.10. The second-order valence-corrected chi connectivity index (χ2v) is 24.9. The Bertz CT molecular complexity index is 1250. The monoisotopic (exact) mass is 1110 g/mol. The number of hydrogen-bond donors (Lipinski definition) is 5. The van der Waals surface area contributed by atoms with E-state index in [1.807, 2.05) is 0 Å². The Labute approximate surface area is 494 Å². The van der Waals surface area contributed by atoms with Gasteiger partial charge in [-0.1, -0.05) is 352 Å². The van der Waals surface area contributed by atoms with Crippen LogP contribution >= 0.6 is 0 Å². The Balaban J connectivity index is 3.58. The standard InChI is InChI=1S/C73H141NO5/c1-3-5-7-9-11-13-15-17-19-21-23-25-27-29-31-33-35-37-38-40-42-44-46-48-50-52-54-56-58-60-62-64-66-70(76)72(78)69(68-75)74-73(79)71(77)67-65-63-61-59-57-55-53-51-49-47-45-43-41-39-36-34-32-30-28-26-24-22-20-18-16-14-12-10-8-6-4-2/h30,32,50,52,58,60,69-72,75-78H,3-29,31,33-49,51,53-57,59,61-68H2,1-2H3,(H,74,79)/b32-30-,52-50+,60-58+. The molecular formula is C73H141NO5. The van der Waals surface area contributed by atoms with E-state index >= 15 is 0 Å². The van der Waals surface area contributed by atoms with Gasteiger partial charge in [0.05, 0.1) is 18.8 Å². The molecule has 0 aliphatic heterocycles. The SMILES string of the molecule is CCCCCCCCCCCCCC/C=C\CCCCCCCCCCCCCCCCCC(O)C(=O)NC(CO)C(O)C(O)CCC/C=C/CC/C=C/CCCCCCCCCCCCCCCCCCCCCCCCC. The van der Waals surface area contributed by atoms with Gasteiger partial charge in [0.25, 0.3) is 0 Å². The van der Waals surface area contributed by atoms with Crippen molar-refractivity contribution in [2.75, 3.05) is 6.61 Å². The van der Waals surface area contributed by atoms with Crippen LogP contribution in [0.25, 0.3) is 0 Å². The van der Waals surface area contributed by atoms with Crippen LogP contribution < -0.4 is 5.32 Å². The smallest absolute Gasteiger partial charge is 0.249 e. The minimum Gasteiger partial charge on any atom is -0.394 e. The van der Waals surface area contributed by atoms with Gasteiger partial charge >= 0.3 is 0 Å². The summed E-state index contributed by atoms with van der Waals surface area (Å²) in [4.78, 5) is 12.7. The van der Waals surface area contributed by atoms with Gasteiger partial charge in [0.1, 0.15) is 12.2 Å². The van der Waals surface area contributed by atoms with Gasteiger partial charge in [-0.05, 0) is 77.0 Å². The van der Waals surface area contributed by atoms with E-state index in [2.05, 4.69) is 55.6 Å². The number of allylic oxidation sites excluding steroid dienone is 6. The van der Waals surface area contributed by atoms with Gasteiger partial charge in [0, 0.05) is 0 Å². The molecule has 6 heteroatoms. The molecule has 4 atom stereocenters. The summed E-state index contributed by atoms with van der Waals surface area (Å²) < 4.78 is 0. The van der Waals surface area contributed by atoms with Crippen LogP contribution in [0.15, 0.2) is 36.5 Å². The number of unbranched alkanes of at least 4 members (excludes halogenated alkanes) is 52. The number of rotatable bonds is 67. The Hall–Kier alpha value is -1.47. The minimum absolute atomic E-state index is 0.362. The van der Waals surface area contributed by atoms with Crippen LogP contribution in [0.2, 0.25) is 0 Å². The zero-order valence-electron chi connectivity index (χ0n) is 53.4. The van der Waals surface area contributed by atoms with E-state index in [4.69, 9.17) is 0 Å². The highest BCUT2D eigenvalue weighted by molar-refractivity contribution is 5.80. The highest BCUT2D eigenvalue weighted by atomic mass is 16.3. The van der Waals surface area contributed by atoms with Gasteiger partial charge in [-0.25, -0.2) is 0 Å². The van der Waals surface area contributed by atoms with E-state index in [1.165, 1.54) is 321 Å². The Morgan fingerprint density at radius 2 is 0.532 bits per heavy atom. The number of hydrogen-bond acceptors (Lipinski definition) is 5. The predicted octanol–water partition coefficient (Wildman–Crippen LogP) is 22.3. The number of carbonyl (C=O) groups excluding carboxylic acids is 1. The van der Waals surface area contributed by atoms with Crippen molar-refractivity contribution in [3.8, 4) is 0 Å². The van der Waals surface area contributed by atoms with Crippen molar-refractivity contribution in [2.24, 2.45) is 0 Å². The maximum atomic E-state index is 12.7. The first kappa shape index (κ1) is 77.5. The maximum absolute atomic E-state index is 12.7. The molecule has 0 aliphatic carbocycles. The van der Waals surface area contributed by atoms with Crippen LogP contribution in [-0.2, 0) is 4.79 Å². The van der Waals surface area contributed by atoms with Crippen molar-refractivity contribution in [3.63, 3.8) is 0 Å². The quantitative estimate of drug-likeness (QED) is 0.0308. The predicted molar refractivity (Wildman–Crippen MR) is 348 cm³/mol. The van der Waals surface area contributed by atoms with Crippen molar-refractivity contribution in [3.05, 3.63) is 36.5 Å². The van der Waals surface area contributed by atoms with E-state index in [1.54, 1.807) is 0 Å². The molecule has 0 heterocycles. The van der Waals surface area contributed by atoms with E-state index < -0.39 is 36.9 Å². The second kappa shape index (κ2) is 67.3. The summed E-state index contributed by atoms with van der Waals surface area (Å²) in [7, 11) is 0. The lowest BCUT2D eigenvalue weighted by Crippen LogP contribution is -2.53. The van der Waals surface area contributed by atoms with Crippen LogP contribution in [0.3, 0.4) is 0 Å². The molecule has 4 unspecified atom stereocenters. The van der Waals surface area contributed by atoms with Crippen LogP contribution in [0.1, 0.15) is 393 Å². The van der Waals surface area contributed by atoms with Gasteiger partial charge in [0.2, 0.25) is 5.91 Å². The van der Waals surface area contributed by atoms with Gasteiger partial charge in [-0.2, -0.15) is 0 Å². The molecule has 0 bridgehead atoms. The number of aliphatic hydroxyl groups excluding tert-OH is 4. The highest BCUT2D eigenvalue weighted by Gasteiger charge is 2.28. The fourth-order valence-corrected chi connectivity index (χ4v) is 11.5. The van der Waals surface area contributed by atoms with Gasteiger partial charge in [-0.15, -0.1) is 0 Å². The fourth-order valence-electron chi connectivity index (χ4n) is 11.5. The summed E-state index contributed by atoms with van der Waals surface area (Å²) in [5.74, 6) is -0.591. The van der Waals surface area contributed by atoms with E-state index in [0.29, 0.717) is 19.3 Å². The molecule has 1 amide bonds. The summed E-state index contributed by atoms with van der Waals surface area (Å²) in [5, 5.41) is 44.2. The molecule has 0 spiro atoms. The first-order valence-corrected chi connectivity index (χ1v) is 35.9. The zero-order chi connectivity index (χ0) is 57.3. The van der Waals surface area contributed by atoms with Gasteiger partial charge in [-0.3, -0.25) is 4.79 Å². The van der Waals surface area contributed by atoms with Crippen molar-refractivity contribution in [1.82, 2.24) is 5.32 Å². The molecule has 0 saturated carbocycles. The maximum Gasteiger partial charge on any atom is 0.249 e. The average Bonchev–Trinajstić information content (AvgIpc) is 3.45. The first-order chi connectivity index (χ1) is 39.0. The minimum atomic E-state index is -1.29. The lowest BCUT2D eigenvalue weighted by Gasteiger charge is -2.27. The van der Waals surface area contributed by atoms with Gasteiger partial charge < -0.3 is 25.7 Å². The molecule has 0 saturated heterocycles. The molecule has 0 aromatic rings. The number of amides is 1. The number of carbonyl (C=O) groups is 1.